The minimum Gasteiger partial charge on any atom is -0.411 e. The molecule has 0 aliphatic rings. The van der Waals surface area contributed by atoms with Crippen molar-refractivity contribution in [3.05, 3.63) is 41.1 Å². The third kappa shape index (κ3) is 4.41. The van der Waals surface area contributed by atoms with Gasteiger partial charge in [0.15, 0.2) is 6.39 Å². The molecule has 2 rings (SSSR count). The van der Waals surface area contributed by atoms with E-state index < -0.39 is 9.05 Å². The maximum absolute atomic E-state index is 11.0. The highest BCUT2D eigenvalue weighted by molar-refractivity contribution is 8.13. The summed E-state index contributed by atoms with van der Waals surface area (Å²) in [5.74, 6) is 0. The second kappa shape index (κ2) is 5.09. The molecule has 0 N–H and O–H groups in total. The first kappa shape index (κ1) is 12.7. The van der Waals surface area contributed by atoms with Crippen LogP contribution in [-0.4, -0.2) is 19.7 Å². The molecular weight excluding hydrogens is 254 g/mol. The van der Waals surface area contributed by atoms with Crippen molar-refractivity contribution in [3.8, 4) is 0 Å². The van der Waals surface area contributed by atoms with Crippen LogP contribution in [0.2, 0.25) is 0 Å². The number of halogens is 1. The van der Waals surface area contributed by atoms with Crippen LogP contribution in [0.5, 0.6) is 0 Å². The second-order valence-electron chi connectivity index (χ2n) is 2.84. The predicted octanol–water partition coefficient (Wildman–Crippen LogP) is 1.37. The highest BCUT2D eigenvalue weighted by Crippen LogP contribution is 2.03. The first-order valence-corrected chi connectivity index (χ1v) is 6.82. The second-order valence-corrected chi connectivity index (χ2v) is 5.88. The number of rotatable bonds is 0. The lowest BCUT2D eigenvalue weighted by Gasteiger charge is -1.90. The molecule has 0 radical (unpaired) electrons. The summed E-state index contributed by atoms with van der Waals surface area (Å²) in [7, 11) is 1.31. The molecule has 1 aromatic carbocycles. The van der Waals surface area contributed by atoms with Crippen LogP contribution in [0.1, 0.15) is 0 Å². The van der Waals surface area contributed by atoms with Crippen molar-refractivity contribution in [2.75, 3.05) is 6.26 Å². The fraction of sp³-hybridized carbons (Fsp3) is 0.111. The van der Waals surface area contributed by atoms with Crippen molar-refractivity contribution in [2.45, 2.75) is 0 Å². The molecule has 0 fully saturated rings. The topological polar surface area (TPSA) is 77.2 Å². The molecule has 2 aromatic rings. The van der Waals surface area contributed by atoms with Gasteiger partial charge >= 0.3 is 5.63 Å². The van der Waals surface area contributed by atoms with Crippen LogP contribution in [-0.2, 0) is 9.05 Å². The summed E-state index contributed by atoms with van der Waals surface area (Å²) >= 11 is 0. The molecule has 0 unspecified atom stereocenters. The zero-order chi connectivity index (χ0) is 12.2. The largest absolute Gasteiger partial charge is 0.411 e. The SMILES string of the molecule is CS(=O)(=O)Cl.O=c1ocnc2ccccc12. The van der Waals surface area contributed by atoms with E-state index in [2.05, 4.69) is 20.1 Å². The molecule has 0 aliphatic heterocycles. The van der Waals surface area contributed by atoms with E-state index in [1.54, 1.807) is 18.2 Å². The van der Waals surface area contributed by atoms with Crippen molar-refractivity contribution < 1.29 is 12.8 Å². The Balaban J connectivity index is 0.000000221. The average molecular weight is 262 g/mol. The van der Waals surface area contributed by atoms with Crippen LogP contribution in [0, 0.1) is 0 Å². The Morgan fingerprint density at radius 1 is 1.31 bits per heavy atom. The van der Waals surface area contributed by atoms with E-state index in [4.69, 9.17) is 0 Å². The Hall–Kier alpha value is -1.40. The Morgan fingerprint density at radius 3 is 2.44 bits per heavy atom. The van der Waals surface area contributed by atoms with Crippen LogP contribution in [0.25, 0.3) is 10.9 Å². The molecule has 1 heterocycles. The van der Waals surface area contributed by atoms with E-state index in [1.807, 2.05) is 6.07 Å². The summed E-state index contributed by atoms with van der Waals surface area (Å²) in [5, 5.41) is 0.523. The Bertz CT molecular complexity index is 622. The molecule has 0 saturated heterocycles. The number of benzene rings is 1. The van der Waals surface area contributed by atoms with E-state index in [0.29, 0.717) is 10.9 Å². The van der Waals surface area contributed by atoms with Crippen molar-refractivity contribution >= 4 is 30.6 Å². The van der Waals surface area contributed by atoms with Crippen LogP contribution >= 0.6 is 10.7 Å². The lowest BCUT2D eigenvalue weighted by molar-refractivity contribution is 0.501. The number of hydrogen-bond acceptors (Lipinski definition) is 5. The van der Waals surface area contributed by atoms with Gasteiger partial charge in [0.05, 0.1) is 17.2 Å². The monoisotopic (exact) mass is 261 g/mol. The predicted molar refractivity (Wildman–Crippen MR) is 61.0 cm³/mol. The van der Waals surface area contributed by atoms with Gasteiger partial charge in [-0.3, -0.25) is 0 Å². The zero-order valence-corrected chi connectivity index (χ0v) is 9.83. The fourth-order valence-corrected chi connectivity index (χ4v) is 0.953. The Kier molecular flexibility index (Phi) is 4.03. The van der Waals surface area contributed by atoms with Crippen LogP contribution in [0.3, 0.4) is 0 Å². The first-order chi connectivity index (χ1) is 7.38. The van der Waals surface area contributed by atoms with Gasteiger partial charge in [0.1, 0.15) is 0 Å². The first-order valence-electron chi connectivity index (χ1n) is 4.10. The summed E-state index contributed by atoms with van der Waals surface area (Å²) in [6.45, 7) is 0. The molecule has 1 aromatic heterocycles. The van der Waals surface area contributed by atoms with Gasteiger partial charge in [-0.25, -0.2) is 18.2 Å². The summed E-state index contributed by atoms with van der Waals surface area (Å²) < 4.78 is 23.4. The molecule has 7 heteroatoms. The van der Waals surface area contributed by atoms with Gasteiger partial charge in [0.25, 0.3) is 0 Å². The zero-order valence-electron chi connectivity index (χ0n) is 8.25. The summed E-state index contributed by atoms with van der Waals surface area (Å²) in [6.07, 6.45) is 2.08. The van der Waals surface area contributed by atoms with Gasteiger partial charge in [-0.15, -0.1) is 0 Å². The van der Waals surface area contributed by atoms with E-state index >= 15 is 0 Å². The van der Waals surface area contributed by atoms with Crippen molar-refractivity contribution in [1.29, 1.82) is 0 Å². The fourth-order valence-electron chi connectivity index (χ4n) is 0.953. The van der Waals surface area contributed by atoms with E-state index in [9.17, 15) is 13.2 Å². The molecular formula is C9H8ClNO4S. The average Bonchev–Trinajstić information content (AvgIpc) is 2.16. The van der Waals surface area contributed by atoms with Crippen molar-refractivity contribution in [2.24, 2.45) is 0 Å². The van der Waals surface area contributed by atoms with Crippen LogP contribution in [0.4, 0.5) is 0 Å². The molecule has 86 valence electrons. The molecule has 5 nitrogen and oxygen atoms in total. The lowest BCUT2D eigenvalue weighted by atomic mass is 10.2. The Morgan fingerprint density at radius 2 is 1.88 bits per heavy atom. The van der Waals surface area contributed by atoms with Crippen molar-refractivity contribution in [3.63, 3.8) is 0 Å². The van der Waals surface area contributed by atoms with Gasteiger partial charge < -0.3 is 4.42 Å². The molecule has 0 spiro atoms. The van der Waals surface area contributed by atoms with E-state index in [0.717, 1.165) is 12.6 Å². The van der Waals surface area contributed by atoms with Gasteiger partial charge in [0, 0.05) is 10.7 Å². The summed E-state index contributed by atoms with van der Waals surface area (Å²) in [4.78, 5) is 14.8. The van der Waals surface area contributed by atoms with Crippen LogP contribution in [0.15, 0.2) is 39.9 Å². The highest BCUT2D eigenvalue weighted by Gasteiger charge is 1.96. The summed E-state index contributed by atoms with van der Waals surface area (Å²) in [6, 6.07) is 7.07. The number of aromatic nitrogens is 1. The van der Waals surface area contributed by atoms with Gasteiger partial charge in [-0.05, 0) is 12.1 Å². The number of para-hydroxylation sites is 1. The standard InChI is InChI=1S/C8H5NO2.CH3ClO2S/c10-8-6-3-1-2-4-7(6)9-5-11-8;1-5(2,3)4/h1-5H;1H3. The molecule has 0 amide bonds. The normalized spacial score (nSPS) is 10.6. The maximum Gasteiger partial charge on any atom is 0.346 e. The lowest BCUT2D eigenvalue weighted by Crippen LogP contribution is -1.98. The van der Waals surface area contributed by atoms with Gasteiger partial charge in [-0.2, -0.15) is 0 Å². The van der Waals surface area contributed by atoms with Gasteiger partial charge in [0.2, 0.25) is 9.05 Å². The third-order valence-electron chi connectivity index (χ3n) is 1.48. The van der Waals surface area contributed by atoms with Crippen LogP contribution < -0.4 is 5.63 Å². The minimum absolute atomic E-state index is 0.337. The molecule has 0 aliphatic carbocycles. The van der Waals surface area contributed by atoms with Gasteiger partial charge in [-0.1, -0.05) is 12.1 Å². The number of nitrogens with zero attached hydrogens (tertiary/aromatic N) is 1. The summed E-state index contributed by atoms with van der Waals surface area (Å²) in [5.41, 5.74) is 0.333. The Labute approximate surface area is 96.1 Å². The third-order valence-corrected chi connectivity index (χ3v) is 1.48. The molecule has 0 bridgehead atoms. The van der Waals surface area contributed by atoms with Crippen molar-refractivity contribution in [1.82, 2.24) is 4.98 Å². The quantitative estimate of drug-likeness (QED) is 0.670. The minimum atomic E-state index is -3.19. The molecule has 0 saturated carbocycles. The maximum atomic E-state index is 11.0. The molecule has 16 heavy (non-hydrogen) atoms. The number of fused-ring (bicyclic) bond motifs is 1. The van der Waals surface area contributed by atoms with E-state index in [-0.39, 0.29) is 5.63 Å². The molecule has 0 atom stereocenters. The highest BCUT2D eigenvalue weighted by atomic mass is 35.7. The smallest absolute Gasteiger partial charge is 0.346 e. The van der Waals surface area contributed by atoms with E-state index in [1.165, 1.54) is 0 Å². The number of hydrogen-bond donors (Lipinski definition) is 0.